The van der Waals surface area contributed by atoms with E-state index in [1.54, 1.807) is 11.3 Å². The molecule has 0 aromatic carbocycles. The maximum atomic E-state index is 12.5. The van der Waals surface area contributed by atoms with E-state index in [1.165, 1.54) is 0 Å². The zero-order chi connectivity index (χ0) is 18.1. The highest BCUT2D eigenvalue weighted by atomic mass is 32.1. The van der Waals surface area contributed by atoms with E-state index >= 15 is 0 Å². The second-order valence-electron chi connectivity index (χ2n) is 7.76. The van der Waals surface area contributed by atoms with E-state index in [0.29, 0.717) is 32.5 Å². The van der Waals surface area contributed by atoms with E-state index in [1.807, 2.05) is 22.4 Å². The SMILES string of the molecule is O=C(NCc1cccs1)[C@@H]1CO[C@@H]2CCN(C(=O)C3CC(O)C3)C[C@@H]2C1. The van der Waals surface area contributed by atoms with Crippen LogP contribution in [-0.2, 0) is 20.9 Å². The number of carbonyl (C=O) groups excluding carboxylic acids is 2. The number of nitrogens with zero attached hydrogens (tertiary/aromatic N) is 1. The van der Waals surface area contributed by atoms with Crippen LogP contribution in [0.15, 0.2) is 17.5 Å². The summed E-state index contributed by atoms with van der Waals surface area (Å²) in [4.78, 5) is 28.1. The van der Waals surface area contributed by atoms with Crippen LogP contribution in [0.1, 0.15) is 30.6 Å². The molecule has 2 aliphatic heterocycles. The highest BCUT2D eigenvalue weighted by molar-refractivity contribution is 7.09. The van der Waals surface area contributed by atoms with Crippen LogP contribution in [0, 0.1) is 17.8 Å². The van der Waals surface area contributed by atoms with Crippen molar-refractivity contribution in [3.05, 3.63) is 22.4 Å². The normalized spacial score (nSPS) is 33.9. The number of rotatable bonds is 4. The molecule has 0 spiro atoms. The summed E-state index contributed by atoms with van der Waals surface area (Å²) in [6, 6.07) is 4.00. The molecule has 26 heavy (non-hydrogen) atoms. The lowest BCUT2D eigenvalue weighted by Crippen LogP contribution is -2.54. The number of hydrogen-bond donors (Lipinski definition) is 2. The third-order valence-corrected chi connectivity index (χ3v) is 6.80. The van der Waals surface area contributed by atoms with E-state index in [4.69, 9.17) is 4.74 Å². The Morgan fingerprint density at radius 2 is 2.15 bits per heavy atom. The first-order valence-electron chi connectivity index (χ1n) is 9.48. The summed E-state index contributed by atoms with van der Waals surface area (Å²) in [5, 5.41) is 14.4. The topological polar surface area (TPSA) is 78.9 Å². The standard InChI is InChI=1S/C19H26N2O4S/c22-15-7-12(8-15)19(24)21-4-3-17-13(10-21)6-14(11-25-17)18(23)20-9-16-2-1-5-26-16/h1-2,5,12-15,17,22H,3-4,6-11H2,(H,20,23)/t12?,13-,14-,15?,17+/m0/s1. The van der Waals surface area contributed by atoms with Crippen molar-refractivity contribution in [1.82, 2.24) is 10.2 Å². The van der Waals surface area contributed by atoms with Crippen molar-refractivity contribution in [2.45, 2.75) is 44.4 Å². The lowest BCUT2D eigenvalue weighted by Gasteiger charge is -2.45. The Labute approximate surface area is 157 Å². The van der Waals surface area contributed by atoms with Crippen LogP contribution in [0.2, 0.25) is 0 Å². The van der Waals surface area contributed by atoms with Gasteiger partial charge in [-0.05, 0) is 37.1 Å². The highest BCUT2D eigenvalue weighted by Crippen LogP contribution is 2.34. The summed E-state index contributed by atoms with van der Waals surface area (Å²) in [6.07, 6.45) is 2.65. The molecule has 7 heteroatoms. The fraction of sp³-hybridized carbons (Fsp3) is 0.684. The number of aliphatic hydroxyl groups excluding tert-OH is 1. The average molecular weight is 378 g/mol. The quantitative estimate of drug-likeness (QED) is 0.830. The fourth-order valence-electron chi connectivity index (χ4n) is 4.29. The summed E-state index contributed by atoms with van der Waals surface area (Å²) in [7, 11) is 0. The summed E-state index contributed by atoms with van der Waals surface area (Å²) >= 11 is 1.64. The lowest BCUT2D eigenvalue weighted by atomic mass is 9.79. The number of ether oxygens (including phenoxy) is 1. The molecule has 2 saturated heterocycles. The number of carbonyl (C=O) groups is 2. The molecule has 3 heterocycles. The molecule has 1 saturated carbocycles. The molecule has 0 unspecified atom stereocenters. The average Bonchev–Trinajstić information content (AvgIpc) is 3.15. The number of piperidine rings is 1. The minimum absolute atomic E-state index is 0.0176. The predicted molar refractivity (Wildman–Crippen MR) is 97.4 cm³/mol. The molecule has 2 amide bonds. The van der Waals surface area contributed by atoms with Gasteiger partial charge in [0.05, 0.1) is 31.3 Å². The van der Waals surface area contributed by atoms with Crippen molar-refractivity contribution in [2.75, 3.05) is 19.7 Å². The Balaban J connectivity index is 1.29. The van der Waals surface area contributed by atoms with E-state index in [9.17, 15) is 14.7 Å². The van der Waals surface area contributed by atoms with Crippen molar-refractivity contribution >= 4 is 23.2 Å². The first kappa shape index (κ1) is 17.9. The Bertz CT molecular complexity index is 644. The Hall–Kier alpha value is -1.44. The van der Waals surface area contributed by atoms with E-state index < -0.39 is 0 Å². The van der Waals surface area contributed by atoms with Gasteiger partial charge in [0.15, 0.2) is 0 Å². The Kier molecular flexibility index (Phi) is 5.29. The van der Waals surface area contributed by atoms with Crippen LogP contribution in [0.3, 0.4) is 0 Å². The molecule has 0 bridgehead atoms. The van der Waals surface area contributed by atoms with Crippen molar-refractivity contribution in [2.24, 2.45) is 17.8 Å². The molecule has 1 aromatic rings. The molecule has 142 valence electrons. The number of fused-ring (bicyclic) bond motifs is 1. The van der Waals surface area contributed by atoms with Gasteiger partial charge in [0.25, 0.3) is 0 Å². The molecule has 4 rings (SSSR count). The number of amides is 2. The molecule has 1 aromatic heterocycles. The molecular formula is C19H26N2O4S. The molecule has 6 nitrogen and oxygen atoms in total. The van der Waals surface area contributed by atoms with Gasteiger partial charge < -0.3 is 20.1 Å². The minimum Gasteiger partial charge on any atom is -0.393 e. The molecule has 0 radical (unpaired) electrons. The fourth-order valence-corrected chi connectivity index (χ4v) is 4.94. The second kappa shape index (κ2) is 7.66. The molecule has 2 N–H and O–H groups in total. The third-order valence-electron chi connectivity index (χ3n) is 5.92. The summed E-state index contributed by atoms with van der Waals surface area (Å²) in [5.41, 5.74) is 0. The molecule has 3 fully saturated rings. The van der Waals surface area contributed by atoms with Crippen molar-refractivity contribution < 1.29 is 19.4 Å². The Morgan fingerprint density at radius 3 is 2.88 bits per heavy atom. The first-order chi connectivity index (χ1) is 12.6. The number of nitrogens with one attached hydrogen (secondary N) is 1. The Morgan fingerprint density at radius 1 is 1.31 bits per heavy atom. The second-order valence-corrected chi connectivity index (χ2v) is 8.79. The largest absolute Gasteiger partial charge is 0.393 e. The van der Waals surface area contributed by atoms with Gasteiger partial charge in [0.1, 0.15) is 0 Å². The molecular weight excluding hydrogens is 352 g/mol. The van der Waals surface area contributed by atoms with Crippen molar-refractivity contribution in [1.29, 1.82) is 0 Å². The molecule has 3 aliphatic rings. The van der Waals surface area contributed by atoms with Crippen LogP contribution >= 0.6 is 11.3 Å². The van der Waals surface area contributed by atoms with Crippen LogP contribution in [0.25, 0.3) is 0 Å². The predicted octanol–water partition coefficient (Wildman–Crippen LogP) is 1.39. The van der Waals surface area contributed by atoms with Gasteiger partial charge in [-0.15, -0.1) is 11.3 Å². The number of thiophene rings is 1. The van der Waals surface area contributed by atoms with Gasteiger partial charge in [-0.3, -0.25) is 9.59 Å². The van der Waals surface area contributed by atoms with Crippen LogP contribution in [-0.4, -0.2) is 53.7 Å². The number of hydrogen-bond acceptors (Lipinski definition) is 5. The summed E-state index contributed by atoms with van der Waals surface area (Å²) < 4.78 is 5.96. The first-order valence-corrected chi connectivity index (χ1v) is 10.4. The summed E-state index contributed by atoms with van der Waals surface area (Å²) in [6.45, 7) is 2.43. The van der Waals surface area contributed by atoms with E-state index in [-0.39, 0.29) is 41.8 Å². The molecule has 1 aliphatic carbocycles. The van der Waals surface area contributed by atoms with Crippen LogP contribution in [0.4, 0.5) is 0 Å². The van der Waals surface area contributed by atoms with Crippen molar-refractivity contribution in [3.8, 4) is 0 Å². The maximum Gasteiger partial charge on any atom is 0.225 e. The van der Waals surface area contributed by atoms with Gasteiger partial charge in [0, 0.05) is 29.8 Å². The van der Waals surface area contributed by atoms with Gasteiger partial charge >= 0.3 is 0 Å². The third kappa shape index (κ3) is 3.80. The van der Waals surface area contributed by atoms with Crippen molar-refractivity contribution in [3.63, 3.8) is 0 Å². The van der Waals surface area contributed by atoms with E-state index in [2.05, 4.69) is 5.32 Å². The van der Waals surface area contributed by atoms with Gasteiger partial charge in [0.2, 0.25) is 11.8 Å². The molecule has 3 atom stereocenters. The zero-order valence-corrected chi connectivity index (χ0v) is 15.6. The van der Waals surface area contributed by atoms with Gasteiger partial charge in [-0.25, -0.2) is 0 Å². The minimum atomic E-state index is -0.309. The zero-order valence-electron chi connectivity index (χ0n) is 14.8. The summed E-state index contributed by atoms with van der Waals surface area (Å²) in [5.74, 6) is 0.275. The van der Waals surface area contributed by atoms with Gasteiger partial charge in [-0.2, -0.15) is 0 Å². The van der Waals surface area contributed by atoms with Gasteiger partial charge in [-0.1, -0.05) is 6.07 Å². The monoisotopic (exact) mass is 378 g/mol. The van der Waals surface area contributed by atoms with E-state index in [0.717, 1.165) is 24.3 Å². The van der Waals surface area contributed by atoms with Crippen LogP contribution in [0.5, 0.6) is 0 Å². The lowest BCUT2D eigenvalue weighted by molar-refractivity contribution is -0.153. The van der Waals surface area contributed by atoms with Crippen LogP contribution < -0.4 is 5.32 Å². The maximum absolute atomic E-state index is 12.5. The smallest absolute Gasteiger partial charge is 0.225 e. The highest BCUT2D eigenvalue weighted by Gasteiger charge is 2.42. The number of likely N-dealkylation sites (tertiary alicyclic amines) is 1. The number of aliphatic hydroxyl groups is 1.